The Labute approximate surface area is 147 Å². The number of hydrogen-bond donors (Lipinski definition) is 0. The van der Waals surface area contributed by atoms with Gasteiger partial charge in [-0.2, -0.15) is 4.31 Å². The van der Waals surface area contributed by atoms with E-state index in [0.717, 1.165) is 23.1 Å². The fourth-order valence-electron chi connectivity index (χ4n) is 3.18. The van der Waals surface area contributed by atoms with Gasteiger partial charge in [-0.1, -0.05) is 42.5 Å². The lowest BCUT2D eigenvalue weighted by Crippen LogP contribution is -2.35. The molecule has 2 aromatic carbocycles. The Morgan fingerprint density at radius 3 is 2.32 bits per heavy atom. The topological polar surface area (TPSA) is 50.3 Å². The molecule has 1 aromatic heterocycles. The number of sulfonamides is 1. The smallest absolute Gasteiger partial charge is 0.243 e. The number of fused-ring (bicyclic) bond motifs is 1. The van der Waals surface area contributed by atoms with Gasteiger partial charge in [0.25, 0.3) is 0 Å². The first kappa shape index (κ1) is 16.0. The van der Waals surface area contributed by atoms with Gasteiger partial charge in [-0.3, -0.25) is 4.98 Å². The summed E-state index contributed by atoms with van der Waals surface area (Å²) in [7, 11) is -3.49. The van der Waals surface area contributed by atoms with E-state index in [0.29, 0.717) is 18.0 Å². The van der Waals surface area contributed by atoms with Crippen molar-refractivity contribution in [3.05, 3.63) is 84.2 Å². The van der Waals surface area contributed by atoms with Crippen molar-refractivity contribution < 1.29 is 8.42 Å². The van der Waals surface area contributed by atoms with E-state index in [9.17, 15) is 8.42 Å². The molecule has 1 aliphatic rings. The lowest BCUT2D eigenvalue weighted by molar-refractivity contribution is 0.391. The molecule has 0 unspecified atom stereocenters. The van der Waals surface area contributed by atoms with Crippen LogP contribution in [0, 0.1) is 0 Å². The van der Waals surface area contributed by atoms with Crippen LogP contribution in [0.25, 0.3) is 11.1 Å². The maximum absolute atomic E-state index is 13.0. The van der Waals surface area contributed by atoms with Gasteiger partial charge in [0.15, 0.2) is 0 Å². The van der Waals surface area contributed by atoms with Crippen LogP contribution < -0.4 is 0 Å². The predicted octanol–water partition coefficient (Wildman–Crippen LogP) is 3.50. The second kappa shape index (κ2) is 6.43. The lowest BCUT2D eigenvalue weighted by atomic mass is 10.0. The zero-order valence-corrected chi connectivity index (χ0v) is 14.5. The molecule has 2 heterocycles. The van der Waals surface area contributed by atoms with E-state index in [1.807, 2.05) is 42.5 Å². The fraction of sp³-hybridized carbons (Fsp3) is 0.150. The average molecular weight is 350 g/mol. The van der Waals surface area contributed by atoms with Crippen LogP contribution in [0.4, 0.5) is 0 Å². The van der Waals surface area contributed by atoms with Gasteiger partial charge in [0.2, 0.25) is 10.0 Å². The Morgan fingerprint density at radius 2 is 1.60 bits per heavy atom. The molecule has 4 rings (SSSR count). The Bertz CT molecular complexity index is 984. The maximum atomic E-state index is 13.0. The first-order valence-electron chi connectivity index (χ1n) is 8.22. The van der Waals surface area contributed by atoms with Crippen LogP contribution in [0.15, 0.2) is 78.0 Å². The molecule has 0 bridgehead atoms. The van der Waals surface area contributed by atoms with Crippen LogP contribution in [-0.2, 0) is 23.0 Å². The monoisotopic (exact) mass is 350 g/mol. The second-order valence-electron chi connectivity index (χ2n) is 6.12. The fourth-order valence-corrected chi connectivity index (χ4v) is 4.60. The molecule has 0 atom stereocenters. The number of hydrogen-bond acceptors (Lipinski definition) is 3. The maximum Gasteiger partial charge on any atom is 0.243 e. The third-order valence-electron chi connectivity index (χ3n) is 4.58. The van der Waals surface area contributed by atoms with Gasteiger partial charge in [-0.15, -0.1) is 0 Å². The highest BCUT2D eigenvalue weighted by molar-refractivity contribution is 7.89. The Balaban J connectivity index is 1.61. The summed E-state index contributed by atoms with van der Waals surface area (Å²) >= 11 is 0. The van der Waals surface area contributed by atoms with Crippen molar-refractivity contribution >= 4 is 10.0 Å². The molecule has 0 fully saturated rings. The summed E-state index contributed by atoms with van der Waals surface area (Å²) in [5, 5.41) is 0. The van der Waals surface area contributed by atoms with Gasteiger partial charge >= 0.3 is 0 Å². The van der Waals surface area contributed by atoms with Gasteiger partial charge in [-0.05, 0) is 46.9 Å². The molecule has 0 aliphatic carbocycles. The van der Waals surface area contributed by atoms with Crippen LogP contribution in [-0.4, -0.2) is 24.3 Å². The number of pyridine rings is 1. The van der Waals surface area contributed by atoms with E-state index in [1.54, 1.807) is 28.8 Å². The molecule has 126 valence electrons. The highest BCUT2D eigenvalue weighted by Gasteiger charge is 2.28. The summed E-state index contributed by atoms with van der Waals surface area (Å²) in [6, 6.07) is 18.9. The normalized spacial score (nSPS) is 14.9. The summed E-state index contributed by atoms with van der Waals surface area (Å²) in [6.45, 7) is 0.951. The molecule has 0 amide bonds. The van der Waals surface area contributed by atoms with E-state index >= 15 is 0 Å². The second-order valence-corrected chi connectivity index (χ2v) is 8.06. The largest absolute Gasteiger partial charge is 0.264 e. The minimum absolute atomic E-state index is 0.333. The minimum Gasteiger partial charge on any atom is -0.264 e. The molecule has 0 N–H and O–H groups in total. The SMILES string of the molecule is O=S(=O)(c1ccc(-c2cccnc2)cc1)N1CCc2ccccc2C1. The number of aromatic nitrogens is 1. The summed E-state index contributed by atoms with van der Waals surface area (Å²) in [4.78, 5) is 4.43. The number of nitrogens with zero attached hydrogens (tertiary/aromatic N) is 2. The van der Waals surface area contributed by atoms with Crippen molar-refractivity contribution in [2.24, 2.45) is 0 Å². The number of rotatable bonds is 3. The third-order valence-corrected chi connectivity index (χ3v) is 6.44. The lowest BCUT2D eigenvalue weighted by Gasteiger charge is -2.28. The van der Waals surface area contributed by atoms with Gasteiger partial charge in [0, 0.05) is 25.5 Å². The van der Waals surface area contributed by atoms with Gasteiger partial charge in [0.05, 0.1) is 4.90 Å². The Morgan fingerprint density at radius 1 is 0.840 bits per heavy atom. The standard InChI is InChI=1S/C20H18N2O2S/c23-25(24,22-13-11-16-4-1-2-5-19(16)15-22)20-9-7-17(8-10-20)18-6-3-12-21-14-18/h1-10,12,14H,11,13,15H2. The molecule has 5 heteroatoms. The quantitative estimate of drug-likeness (QED) is 0.726. The molecule has 0 saturated heterocycles. The molecule has 4 nitrogen and oxygen atoms in total. The first-order valence-corrected chi connectivity index (χ1v) is 9.66. The highest BCUT2D eigenvalue weighted by Crippen LogP contribution is 2.26. The summed E-state index contributed by atoms with van der Waals surface area (Å²) in [6.07, 6.45) is 4.24. The molecule has 25 heavy (non-hydrogen) atoms. The van der Waals surface area contributed by atoms with Crippen LogP contribution >= 0.6 is 0 Å². The van der Waals surface area contributed by atoms with E-state index < -0.39 is 10.0 Å². The summed E-state index contributed by atoms with van der Waals surface area (Å²) in [5.41, 5.74) is 4.25. The van der Waals surface area contributed by atoms with Crippen molar-refractivity contribution in [3.8, 4) is 11.1 Å². The van der Waals surface area contributed by atoms with E-state index in [2.05, 4.69) is 11.1 Å². The van der Waals surface area contributed by atoms with Crippen molar-refractivity contribution in [1.29, 1.82) is 0 Å². The van der Waals surface area contributed by atoms with Crippen molar-refractivity contribution in [2.75, 3.05) is 6.54 Å². The summed E-state index contributed by atoms with van der Waals surface area (Å²) in [5.74, 6) is 0. The van der Waals surface area contributed by atoms with Gasteiger partial charge in [-0.25, -0.2) is 8.42 Å². The highest BCUT2D eigenvalue weighted by atomic mass is 32.2. The van der Waals surface area contributed by atoms with E-state index in [4.69, 9.17) is 0 Å². The van der Waals surface area contributed by atoms with E-state index in [-0.39, 0.29) is 0 Å². The van der Waals surface area contributed by atoms with Gasteiger partial charge < -0.3 is 0 Å². The van der Waals surface area contributed by atoms with Crippen LogP contribution in [0.3, 0.4) is 0 Å². The number of benzene rings is 2. The molecule has 3 aromatic rings. The Hall–Kier alpha value is -2.50. The third kappa shape index (κ3) is 3.08. The average Bonchev–Trinajstić information content (AvgIpc) is 2.68. The minimum atomic E-state index is -3.49. The molecule has 1 aliphatic heterocycles. The van der Waals surface area contributed by atoms with Crippen LogP contribution in [0.1, 0.15) is 11.1 Å². The molecular formula is C20H18N2O2S. The predicted molar refractivity (Wildman–Crippen MR) is 97.4 cm³/mol. The van der Waals surface area contributed by atoms with Crippen molar-refractivity contribution in [1.82, 2.24) is 9.29 Å². The zero-order chi connectivity index (χ0) is 17.3. The van der Waals surface area contributed by atoms with Crippen LogP contribution in [0.2, 0.25) is 0 Å². The van der Waals surface area contributed by atoms with Gasteiger partial charge in [0.1, 0.15) is 0 Å². The molecule has 0 saturated carbocycles. The van der Waals surface area contributed by atoms with Crippen molar-refractivity contribution in [3.63, 3.8) is 0 Å². The van der Waals surface area contributed by atoms with E-state index in [1.165, 1.54) is 5.56 Å². The first-order chi connectivity index (χ1) is 12.1. The molecule has 0 radical (unpaired) electrons. The van der Waals surface area contributed by atoms with Crippen molar-refractivity contribution in [2.45, 2.75) is 17.9 Å². The Kier molecular flexibility index (Phi) is 4.11. The molecular weight excluding hydrogens is 332 g/mol. The zero-order valence-electron chi connectivity index (χ0n) is 13.7. The van der Waals surface area contributed by atoms with Crippen LogP contribution in [0.5, 0.6) is 0 Å². The molecule has 0 spiro atoms. The summed E-state index contributed by atoms with van der Waals surface area (Å²) < 4.78 is 27.5.